The van der Waals surface area contributed by atoms with E-state index in [0.717, 1.165) is 28.6 Å². The van der Waals surface area contributed by atoms with Crippen LogP contribution in [-0.2, 0) is 6.42 Å². The zero-order valence-electron chi connectivity index (χ0n) is 16.6. The normalized spacial score (nSPS) is 10.7. The second-order valence-corrected chi connectivity index (χ2v) is 7.02. The minimum Gasteiger partial charge on any atom is -0.366 e. The molecule has 1 aromatic heterocycles. The predicted molar refractivity (Wildman–Crippen MR) is 119 cm³/mol. The summed E-state index contributed by atoms with van der Waals surface area (Å²) in [6.07, 6.45) is 0.966. The van der Waals surface area contributed by atoms with E-state index < -0.39 is 5.91 Å². The maximum absolute atomic E-state index is 13.1. The van der Waals surface area contributed by atoms with Crippen molar-refractivity contribution in [1.29, 1.82) is 0 Å². The molecule has 0 atom stereocenters. The Morgan fingerprint density at radius 1 is 0.933 bits per heavy atom. The Kier molecular flexibility index (Phi) is 5.26. The number of primary amides is 1. The van der Waals surface area contributed by atoms with Crippen molar-refractivity contribution < 1.29 is 9.59 Å². The summed E-state index contributed by atoms with van der Waals surface area (Å²) in [5.74, 6) is -0.751. The molecular formula is C25H21N3O2. The highest BCUT2D eigenvalue weighted by atomic mass is 16.2. The van der Waals surface area contributed by atoms with Crippen molar-refractivity contribution in [1.82, 2.24) is 4.98 Å². The molecule has 0 radical (unpaired) electrons. The lowest BCUT2D eigenvalue weighted by Gasteiger charge is -2.11. The lowest BCUT2D eigenvalue weighted by atomic mass is 10.0. The van der Waals surface area contributed by atoms with E-state index in [-0.39, 0.29) is 5.91 Å². The van der Waals surface area contributed by atoms with E-state index >= 15 is 0 Å². The Morgan fingerprint density at radius 3 is 2.30 bits per heavy atom. The number of aryl methyl sites for hydroxylation is 1. The molecule has 148 valence electrons. The number of nitrogens with one attached hydrogen (secondary N) is 1. The zero-order valence-corrected chi connectivity index (χ0v) is 16.6. The number of carbonyl (C=O) groups is 2. The standard InChI is InChI=1S/C25H21N3O2/c1-2-16-7-9-17(10-8-16)23-15-21(20-5-3-4-6-22(20)28-23)25(30)27-19-13-11-18(12-14-19)24(26)29/h3-15H,2H2,1H3,(H2,26,29)(H,27,30). The van der Waals surface area contributed by atoms with Crippen LogP contribution in [0.15, 0.2) is 78.9 Å². The number of pyridine rings is 1. The molecule has 0 aliphatic rings. The molecule has 3 aromatic carbocycles. The highest BCUT2D eigenvalue weighted by molar-refractivity contribution is 6.13. The molecule has 5 nitrogen and oxygen atoms in total. The summed E-state index contributed by atoms with van der Waals surface area (Å²) in [4.78, 5) is 29.1. The van der Waals surface area contributed by atoms with Crippen LogP contribution in [0.4, 0.5) is 5.69 Å². The van der Waals surface area contributed by atoms with Gasteiger partial charge in [0.25, 0.3) is 5.91 Å². The Morgan fingerprint density at radius 2 is 1.63 bits per heavy atom. The number of aromatic nitrogens is 1. The molecule has 0 unspecified atom stereocenters. The fraction of sp³-hybridized carbons (Fsp3) is 0.0800. The first-order valence-electron chi connectivity index (χ1n) is 9.75. The van der Waals surface area contributed by atoms with Crippen LogP contribution in [0, 0.1) is 0 Å². The van der Waals surface area contributed by atoms with E-state index in [0.29, 0.717) is 16.8 Å². The highest BCUT2D eigenvalue weighted by Crippen LogP contribution is 2.26. The van der Waals surface area contributed by atoms with Crippen molar-refractivity contribution in [2.75, 3.05) is 5.32 Å². The number of hydrogen-bond donors (Lipinski definition) is 2. The Labute approximate surface area is 174 Å². The molecule has 2 amide bonds. The van der Waals surface area contributed by atoms with Gasteiger partial charge in [-0.25, -0.2) is 4.98 Å². The lowest BCUT2D eigenvalue weighted by Crippen LogP contribution is -2.14. The summed E-state index contributed by atoms with van der Waals surface area (Å²) in [5, 5.41) is 3.67. The molecule has 1 heterocycles. The average molecular weight is 395 g/mol. The summed E-state index contributed by atoms with van der Waals surface area (Å²) in [7, 11) is 0. The Hall–Kier alpha value is -3.99. The highest BCUT2D eigenvalue weighted by Gasteiger charge is 2.14. The SMILES string of the molecule is CCc1ccc(-c2cc(C(=O)Nc3ccc(C(N)=O)cc3)c3ccccc3n2)cc1. The number of carbonyl (C=O) groups excluding carboxylic acids is 2. The van der Waals surface area contributed by atoms with E-state index in [1.54, 1.807) is 24.3 Å². The molecule has 0 spiro atoms. The van der Waals surface area contributed by atoms with Gasteiger partial charge >= 0.3 is 0 Å². The van der Waals surface area contributed by atoms with Crippen LogP contribution in [0.2, 0.25) is 0 Å². The molecule has 4 aromatic rings. The first-order chi connectivity index (χ1) is 14.5. The smallest absolute Gasteiger partial charge is 0.256 e. The van der Waals surface area contributed by atoms with Crippen LogP contribution in [0.5, 0.6) is 0 Å². The summed E-state index contributed by atoms with van der Waals surface area (Å²) in [6.45, 7) is 2.11. The van der Waals surface area contributed by atoms with E-state index in [9.17, 15) is 9.59 Å². The van der Waals surface area contributed by atoms with Gasteiger partial charge in [0.2, 0.25) is 5.91 Å². The van der Waals surface area contributed by atoms with E-state index in [4.69, 9.17) is 10.7 Å². The maximum atomic E-state index is 13.1. The number of hydrogen-bond acceptors (Lipinski definition) is 3. The summed E-state index contributed by atoms with van der Waals surface area (Å²) in [5.41, 5.74) is 10.5. The number of nitrogens with zero attached hydrogens (tertiary/aromatic N) is 1. The third kappa shape index (κ3) is 3.91. The van der Waals surface area contributed by atoms with Gasteiger partial charge in [-0.2, -0.15) is 0 Å². The van der Waals surface area contributed by atoms with Crippen molar-refractivity contribution in [3.05, 3.63) is 95.6 Å². The maximum Gasteiger partial charge on any atom is 0.256 e. The number of para-hydroxylation sites is 1. The molecule has 3 N–H and O–H groups in total. The van der Waals surface area contributed by atoms with Gasteiger partial charge in [-0.15, -0.1) is 0 Å². The van der Waals surface area contributed by atoms with Crippen molar-refractivity contribution in [3.8, 4) is 11.3 Å². The molecule has 0 aliphatic carbocycles. The third-order valence-corrected chi connectivity index (χ3v) is 5.05. The van der Waals surface area contributed by atoms with Crippen LogP contribution in [0.3, 0.4) is 0 Å². The van der Waals surface area contributed by atoms with Crippen LogP contribution >= 0.6 is 0 Å². The number of rotatable bonds is 5. The summed E-state index contributed by atoms with van der Waals surface area (Å²) < 4.78 is 0. The van der Waals surface area contributed by atoms with Gasteiger partial charge in [-0.05, 0) is 48.4 Å². The number of fused-ring (bicyclic) bond motifs is 1. The molecule has 0 aliphatic heterocycles. The first-order valence-corrected chi connectivity index (χ1v) is 9.75. The third-order valence-electron chi connectivity index (χ3n) is 5.05. The van der Waals surface area contributed by atoms with Gasteiger partial charge in [0, 0.05) is 22.2 Å². The van der Waals surface area contributed by atoms with Crippen molar-refractivity contribution in [3.63, 3.8) is 0 Å². The van der Waals surface area contributed by atoms with Gasteiger partial charge in [-0.1, -0.05) is 49.4 Å². The number of anilines is 1. The minimum atomic E-state index is -0.508. The van der Waals surface area contributed by atoms with E-state index in [1.165, 1.54) is 5.56 Å². The van der Waals surface area contributed by atoms with Gasteiger partial charge in [0.05, 0.1) is 16.8 Å². The van der Waals surface area contributed by atoms with Crippen LogP contribution in [0.1, 0.15) is 33.2 Å². The molecular weight excluding hydrogens is 374 g/mol. The van der Waals surface area contributed by atoms with E-state index in [1.807, 2.05) is 42.5 Å². The van der Waals surface area contributed by atoms with Crippen LogP contribution in [-0.4, -0.2) is 16.8 Å². The van der Waals surface area contributed by atoms with Crippen molar-refractivity contribution >= 4 is 28.4 Å². The minimum absolute atomic E-state index is 0.244. The monoisotopic (exact) mass is 395 g/mol. The second-order valence-electron chi connectivity index (χ2n) is 7.02. The molecule has 4 rings (SSSR count). The molecule has 0 saturated heterocycles. The fourth-order valence-electron chi connectivity index (χ4n) is 3.34. The van der Waals surface area contributed by atoms with Gasteiger partial charge in [0.15, 0.2) is 0 Å². The largest absolute Gasteiger partial charge is 0.366 e. The number of amides is 2. The van der Waals surface area contributed by atoms with Crippen molar-refractivity contribution in [2.24, 2.45) is 5.73 Å². The Balaban J connectivity index is 1.72. The number of nitrogens with two attached hydrogens (primary N) is 1. The first kappa shape index (κ1) is 19.3. The van der Waals surface area contributed by atoms with Gasteiger partial charge in [0.1, 0.15) is 0 Å². The molecule has 5 heteroatoms. The van der Waals surface area contributed by atoms with Crippen LogP contribution < -0.4 is 11.1 Å². The quantitative estimate of drug-likeness (QED) is 0.508. The average Bonchev–Trinajstić information content (AvgIpc) is 2.78. The van der Waals surface area contributed by atoms with Gasteiger partial charge in [-0.3, -0.25) is 9.59 Å². The fourth-order valence-corrected chi connectivity index (χ4v) is 3.34. The Bertz CT molecular complexity index is 1230. The van der Waals surface area contributed by atoms with Crippen LogP contribution in [0.25, 0.3) is 22.2 Å². The lowest BCUT2D eigenvalue weighted by molar-refractivity contribution is 0.0998. The number of benzene rings is 3. The van der Waals surface area contributed by atoms with Gasteiger partial charge < -0.3 is 11.1 Å². The topological polar surface area (TPSA) is 85.1 Å². The summed E-state index contributed by atoms with van der Waals surface area (Å²) >= 11 is 0. The predicted octanol–water partition coefficient (Wildman–Crippen LogP) is 4.82. The molecule has 0 saturated carbocycles. The zero-order chi connectivity index (χ0) is 21.1. The molecule has 30 heavy (non-hydrogen) atoms. The summed E-state index contributed by atoms with van der Waals surface area (Å²) in [6, 6.07) is 24.1. The molecule has 0 bridgehead atoms. The van der Waals surface area contributed by atoms with E-state index in [2.05, 4.69) is 24.4 Å². The molecule has 0 fully saturated rings. The van der Waals surface area contributed by atoms with Crippen molar-refractivity contribution in [2.45, 2.75) is 13.3 Å². The second kappa shape index (κ2) is 8.17.